The maximum absolute atomic E-state index is 13.7. The van der Waals surface area contributed by atoms with Gasteiger partial charge in [-0.15, -0.1) is 0 Å². The monoisotopic (exact) mass is 450 g/mol. The summed E-state index contributed by atoms with van der Waals surface area (Å²) in [4.78, 5) is 12.5. The highest BCUT2D eigenvalue weighted by molar-refractivity contribution is 7.89. The fraction of sp³-hybridized carbons (Fsp3) is 0.409. The molecule has 0 saturated carbocycles. The van der Waals surface area contributed by atoms with E-state index in [1.165, 1.54) is 17.5 Å². The molecule has 7 nitrogen and oxygen atoms in total. The van der Waals surface area contributed by atoms with Crippen LogP contribution in [0.1, 0.15) is 31.4 Å². The summed E-state index contributed by atoms with van der Waals surface area (Å²) in [5, 5.41) is 3.00. The molecule has 9 heteroatoms. The van der Waals surface area contributed by atoms with Crippen LogP contribution in [-0.2, 0) is 14.8 Å². The number of nitrogens with zero attached hydrogens (tertiary/aromatic N) is 1. The van der Waals surface area contributed by atoms with E-state index in [9.17, 15) is 17.6 Å². The van der Waals surface area contributed by atoms with Gasteiger partial charge in [0.2, 0.25) is 15.9 Å². The first kappa shape index (κ1) is 23.0. The van der Waals surface area contributed by atoms with E-state index in [0.717, 1.165) is 23.4 Å². The van der Waals surface area contributed by atoms with Crippen LogP contribution in [0.5, 0.6) is 11.5 Å². The normalized spacial score (nSPS) is 16.5. The third kappa shape index (κ3) is 5.16. The molecule has 3 rings (SSSR count). The molecule has 0 unspecified atom stereocenters. The number of carbonyl (C=O) groups excluding carboxylic acids is 1. The van der Waals surface area contributed by atoms with Crippen molar-refractivity contribution >= 4 is 15.9 Å². The smallest absolute Gasteiger partial charge is 0.246 e. The molecule has 168 valence electrons. The first-order valence-corrected chi connectivity index (χ1v) is 11.5. The van der Waals surface area contributed by atoms with Gasteiger partial charge in [-0.2, -0.15) is 4.31 Å². The van der Waals surface area contributed by atoms with E-state index in [1.54, 1.807) is 7.11 Å². The third-order valence-electron chi connectivity index (χ3n) is 5.54. The minimum absolute atomic E-state index is 0.0922. The fourth-order valence-corrected chi connectivity index (χ4v) is 5.29. The summed E-state index contributed by atoms with van der Waals surface area (Å²) in [6.45, 7) is 2.25. The lowest BCUT2D eigenvalue weighted by atomic mass is 9.96. The maximum Gasteiger partial charge on any atom is 0.246 e. The zero-order chi connectivity index (χ0) is 22.6. The summed E-state index contributed by atoms with van der Waals surface area (Å²) in [7, 11) is -0.990. The Morgan fingerprint density at radius 3 is 2.32 bits per heavy atom. The molecular weight excluding hydrogens is 423 g/mol. The van der Waals surface area contributed by atoms with E-state index in [1.807, 2.05) is 31.2 Å². The Balaban J connectivity index is 1.62. The number of sulfonamides is 1. The number of rotatable bonds is 7. The van der Waals surface area contributed by atoms with Crippen molar-refractivity contribution in [2.45, 2.75) is 30.7 Å². The van der Waals surface area contributed by atoms with E-state index in [-0.39, 0.29) is 41.6 Å². The Kier molecular flexibility index (Phi) is 7.17. The number of halogens is 1. The number of amides is 1. The topological polar surface area (TPSA) is 84.9 Å². The van der Waals surface area contributed by atoms with Crippen molar-refractivity contribution in [2.75, 3.05) is 27.3 Å². The maximum atomic E-state index is 13.7. The van der Waals surface area contributed by atoms with Crippen LogP contribution in [0.4, 0.5) is 4.39 Å². The van der Waals surface area contributed by atoms with Crippen LogP contribution < -0.4 is 14.8 Å². The van der Waals surface area contributed by atoms with Gasteiger partial charge in [0.05, 0.1) is 20.3 Å². The Bertz CT molecular complexity index is 1020. The fourth-order valence-electron chi connectivity index (χ4n) is 3.66. The minimum Gasteiger partial charge on any atom is -0.497 e. The van der Waals surface area contributed by atoms with E-state index >= 15 is 0 Å². The molecule has 1 heterocycles. The molecular formula is C22H27FN2O5S. The van der Waals surface area contributed by atoms with E-state index in [2.05, 4.69) is 5.32 Å². The van der Waals surface area contributed by atoms with Crippen molar-refractivity contribution in [3.63, 3.8) is 0 Å². The van der Waals surface area contributed by atoms with Gasteiger partial charge in [0.1, 0.15) is 22.2 Å². The Hall–Kier alpha value is -2.65. The van der Waals surface area contributed by atoms with Crippen LogP contribution in [0.15, 0.2) is 47.4 Å². The van der Waals surface area contributed by atoms with Crippen molar-refractivity contribution in [3.8, 4) is 11.5 Å². The molecule has 1 saturated heterocycles. The number of hydrogen-bond donors (Lipinski definition) is 1. The van der Waals surface area contributed by atoms with Gasteiger partial charge in [0.25, 0.3) is 0 Å². The molecule has 1 amide bonds. The second-order valence-corrected chi connectivity index (χ2v) is 9.38. The van der Waals surface area contributed by atoms with Gasteiger partial charge in [-0.3, -0.25) is 4.79 Å². The molecule has 0 spiro atoms. The van der Waals surface area contributed by atoms with Gasteiger partial charge in [-0.05, 0) is 55.7 Å². The van der Waals surface area contributed by atoms with E-state index < -0.39 is 15.8 Å². The molecule has 31 heavy (non-hydrogen) atoms. The summed E-state index contributed by atoms with van der Waals surface area (Å²) in [5.74, 6) is -0.216. The van der Waals surface area contributed by atoms with Crippen LogP contribution in [0, 0.1) is 11.7 Å². The minimum atomic E-state index is -3.92. The second-order valence-electron chi connectivity index (χ2n) is 7.48. The van der Waals surface area contributed by atoms with Crippen LogP contribution in [-0.4, -0.2) is 45.9 Å². The van der Waals surface area contributed by atoms with Crippen LogP contribution in [0.3, 0.4) is 0 Å². The lowest BCUT2D eigenvalue weighted by Gasteiger charge is -2.31. The molecule has 0 aliphatic carbocycles. The molecule has 1 N–H and O–H groups in total. The molecule has 0 aromatic heterocycles. The number of nitrogens with one attached hydrogen (secondary N) is 1. The average Bonchev–Trinajstić information content (AvgIpc) is 2.79. The lowest BCUT2D eigenvalue weighted by molar-refractivity contribution is -0.126. The molecule has 1 atom stereocenters. The number of hydrogen-bond acceptors (Lipinski definition) is 5. The van der Waals surface area contributed by atoms with Crippen LogP contribution in [0.25, 0.3) is 0 Å². The number of methoxy groups -OCH3 is 2. The molecule has 1 aliphatic heterocycles. The lowest BCUT2D eigenvalue weighted by Crippen LogP contribution is -2.43. The van der Waals surface area contributed by atoms with Gasteiger partial charge >= 0.3 is 0 Å². The molecule has 1 fully saturated rings. The molecule has 0 bridgehead atoms. The summed E-state index contributed by atoms with van der Waals surface area (Å²) in [6, 6.07) is 10.7. The zero-order valence-corrected chi connectivity index (χ0v) is 18.6. The predicted molar refractivity (Wildman–Crippen MR) is 114 cm³/mol. The summed E-state index contributed by atoms with van der Waals surface area (Å²) < 4.78 is 51.1. The van der Waals surface area contributed by atoms with Gasteiger partial charge in [0, 0.05) is 19.0 Å². The number of carbonyl (C=O) groups is 1. The average molecular weight is 451 g/mol. The standard InChI is InChI=1S/C22H27FN2O5S/c1-15(16-4-7-19(29-2)8-5-16)24-22(26)17-10-12-25(13-11-17)31(27,28)21-14-18(23)6-9-20(21)30-3/h4-9,14-15,17H,10-13H2,1-3H3,(H,24,26)/t15-/m0/s1. The van der Waals surface area contributed by atoms with Gasteiger partial charge in [0.15, 0.2) is 0 Å². The van der Waals surface area contributed by atoms with Crippen molar-refractivity contribution in [3.05, 3.63) is 53.8 Å². The second kappa shape index (κ2) is 9.65. The van der Waals surface area contributed by atoms with Gasteiger partial charge in [-0.25, -0.2) is 12.8 Å². The van der Waals surface area contributed by atoms with Gasteiger partial charge < -0.3 is 14.8 Å². The summed E-state index contributed by atoms with van der Waals surface area (Å²) in [6.07, 6.45) is 0.774. The largest absolute Gasteiger partial charge is 0.497 e. The first-order chi connectivity index (χ1) is 14.8. The molecule has 2 aromatic carbocycles. The Morgan fingerprint density at radius 2 is 1.74 bits per heavy atom. The first-order valence-electron chi connectivity index (χ1n) is 10.0. The van der Waals surface area contributed by atoms with Crippen molar-refractivity contribution in [1.82, 2.24) is 9.62 Å². The van der Waals surface area contributed by atoms with E-state index in [0.29, 0.717) is 12.8 Å². The summed E-state index contributed by atoms with van der Waals surface area (Å²) in [5.41, 5.74) is 0.951. The summed E-state index contributed by atoms with van der Waals surface area (Å²) >= 11 is 0. The molecule has 1 aliphatic rings. The van der Waals surface area contributed by atoms with Crippen molar-refractivity contribution in [2.24, 2.45) is 5.92 Å². The quantitative estimate of drug-likeness (QED) is 0.701. The number of benzene rings is 2. The van der Waals surface area contributed by atoms with Crippen molar-refractivity contribution < 1.29 is 27.1 Å². The number of ether oxygens (including phenoxy) is 2. The van der Waals surface area contributed by atoms with Crippen molar-refractivity contribution in [1.29, 1.82) is 0 Å². The Morgan fingerprint density at radius 1 is 1.10 bits per heavy atom. The highest BCUT2D eigenvalue weighted by Crippen LogP contribution is 2.30. The highest BCUT2D eigenvalue weighted by Gasteiger charge is 2.34. The third-order valence-corrected chi connectivity index (χ3v) is 7.46. The highest BCUT2D eigenvalue weighted by atomic mass is 32.2. The van der Waals surface area contributed by atoms with Crippen LogP contribution in [0.2, 0.25) is 0 Å². The number of piperidine rings is 1. The molecule has 2 aromatic rings. The SMILES string of the molecule is COc1ccc([C@H](C)NC(=O)C2CCN(S(=O)(=O)c3cc(F)ccc3OC)CC2)cc1. The predicted octanol–water partition coefficient (Wildman–Crippen LogP) is 3.12. The van der Waals surface area contributed by atoms with Gasteiger partial charge in [-0.1, -0.05) is 12.1 Å². The Labute approximate surface area is 182 Å². The zero-order valence-electron chi connectivity index (χ0n) is 17.8. The van der Waals surface area contributed by atoms with E-state index in [4.69, 9.17) is 9.47 Å². The van der Waals surface area contributed by atoms with Crippen LogP contribution >= 0.6 is 0 Å². The molecule has 0 radical (unpaired) electrons.